The SMILES string of the molecule is CC(C)NC(CCOP([O-])[O-])(CC1COC(C)(C)O1)CC1COC(C)(C)O1. The maximum absolute atomic E-state index is 10.9. The third-order valence-corrected chi connectivity index (χ3v) is 5.14. The van der Waals surface area contributed by atoms with Crippen molar-refractivity contribution in [3.05, 3.63) is 0 Å². The highest BCUT2D eigenvalue weighted by Crippen LogP contribution is 2.36. The second-order valence-corrected chi connectivity index (χ2v) is 9.40. The molecule has 0 spiro atoms. The Bertz CT molecular complexity index is 445. The summed E-state index contributed by atoms with van der Waals surface area (Å²) in [6.07, 6.45) is 1.64. The predicted molar refractivity (Wildman–Crippen MR) is 97.5 cm³/mol. The first-order valence-electron chi connectivity index (χ1n) is 9.59. The molecule has 0 aromatic rings. The molecule has 1 N–H and O–H groups in total. The summed E-state index contributed by atoms with van der Waals surface area (Å²) < 4.78 is 28.3. The van der Waals surface area contributed by atoms with E-state index in [1.165, 1.54) is 0 Å². The van der Waals surface area contributed by atoms with Crippen molar-refractivity contribution < 1.29 is 33.3 Å². The van der Waals surface area contributed by atoms with Crippen molar-refractivity contribution in [2.45, 2.75) is 96.2 Å². The molecule has 0 bridgehead atoms. The zero-order valence-corrected chi connectivity index (χ0v) is 18.2. The van der Waals surface area contributed by atoms with Gasteiger partial charge in [0.2, 0.25) is 0 Å². The molecule has 0 aliphatic carbocycles. The molecular formula is C18H34NO7P-2. The normalized spacial score (nSPS) is 29.6. The fourth-order valence-corrected chi connectivity index (χ4v) is 4.24. The van der Waals surface area contributed by atoms with E-state index in [1.54, 1.807) is 0 Å². The minimum atomic E-state index is -2.87. The molecule has 0 amide bonds. The average Bonchev–Trinajstić information content (AvgIpc) is 2.99. The number of hydrogen-bond donors (Lipinski definition) is 1. The zero-order chi connectivity index (χ0) is 20.3. The third-order valence-electron chi connectivity index (χ3n) is 4.74. The van der Waals surface area contributed by atoms with Crippen LogP contribution < -0.4 is 15.1 Å². The molecule has 2 heterocycles. The van der Waals surface area contributed by atoms with Crippen LogP contribution >= 0.6 is 8.60 Å². The van der Waals surface area contributed by atoms with E-state index in [0.717, 1.165) is 0 Å². The predicted octanol–water partition coefficient (Wildman–Crippen LogP) is 1.16. The Morgan fingerprint density at radius 2 is 1.52 bits per heavy atom. The van der Waals surface area contributed by atoms with Gasteiger partial charge < -0.3 is 38.6 Å². The van der Waals surface area contributed by atoms with Gasteiger partial charge in [-0.3, -0.25) is 0 Å². The molecule has 27 heavy (non-hydrogen) atoms. The molecule has 2 aliphatic rings. The van der Waals surface area contributed by atoms with Gasteiger partial charge in [-0.1, -0.05) is 13.8 Å². The van der Waals surface area contributed by atoms with E-state index >= 15 is 0 Å². The molecule has 2 fully saturated rings. The van der Waals surface area contributed by atoms with Crippen molar-refractivity contribution in [3.63, 3.8) is 0 Å². The van der Waals surface area contributed by atoms with Gasteiger partial charge in [0.1, 0.15) is 0 Å². The van der Waals surface area contributed by atoms with Crippen LogP contribution in [0.5, 0.6) is 0 Å². The fraction of sp³-hybridized carbons (Fsp3) is 1.00. The summed E-state index contributed by atoms with van der Waals surface area (Å²) in [4.78, 5) is 21.7. The molecule has 0 aromatic carbocycles. The molecule has 2 aliphatic heterocycles. The summed E-state index contributed by atoms with van der Waals surface area (Å²) in [7, 11) is -2.87. The summed E-state index contributed by atoms with van der Waals surface area (Å²) in [5, 5.41) is 3.63. The van der Waals surface area contributed by atoms with Crippen LogP contribution in [0.2, 0.25) is 0 Å². The Morgan fingerprint density at radius 3 is 1.85 bits per heavy atom. The van der Waals surface area contributed by atoms with Crippen LogP contribution in [-0.4, -0.2) is 55.2 Å². The first-order valence-corrected chi connectivity index (χ1v) is 10.7. The van der Waals surface area contributed by atoms with E-state index in [1.807, 2.05) is 27.7 Å². The topological polar surface area (TPSA) is 104 Å². The highest BCUT2D eigenvalue weighted by molar-refractivity contribution is 7.36. The minimum absolute atomic E-state index is 0.0948. The maximum Gasteiger partial charge on any atom is 0.163 e. The molecule has 0 aromatic heterocycles. The Labute approximate surface area is 163 Å². The highest BCUT2D eigenvalue weighted by atomic mass is 31.2. The van der Waals surface area contributed by atoms with Crippen LogP contribution in [0.3, 0.4) is 0 Å². The van der Waals surface area contributed by atoms with E-state index in [4.69, 9.17) is 23.5 Å². The van der Waals surface area contributed by atoms with Crippen molar-refractivity contribution >= 4 is 8.60 Å². The lowest BCUT2D eigenvalue weighted by atomic mass is 9.82. The summed E-state index contributed by atoms with van der Waals surface area (Å²) in [6.45, 7) is 12.8. The summed E-state index contributed by atoms with van der Waals surface area (Å²) in [5.41, 5.74) is -0.428. The molecule has 9 heteroatoms. The van der Waals surface area contributed by atoms with E-state index in [0.29, 0.717) is 32.5 Å². The molecule has 2 atom stereocenters. The smallest absolute Gasteiger partial charge is 0.163 e. The third kappa shape index (κ3) is 7.80. The minimum Gasteiger partial charge on any atom is -0.820 e. The van der Waals surface area contributed by atoms with Crippen LogP contribution in [0.4, 0.5) is 0 Å². The molecule has 2 saturated heterocycles. The van der Waals surface area contributed by atoms with E-state index in [9.17, 15) is 9.79 Å². The van der Waals surface area contributed by atoms with Crippen LogP contribution in [0.25, 0.3) is 0 Å². The first-order chi connectivity index (χ1) is 12.4. The molecule has 0 radical (unpaired) electrons. The molecule has 2 rings (SSSR count). The quantitative estimate of drug-likeness (QED) is 0.538. The largest absolute Gasteiger partial charge is 0.820 e. The Hall–Kier alpha value is 0.110. The van der Waals surface area contributed by atoms with Gasteiger partial charge in [-0.15, -0.1) is 0 Å². The van der Waals surface area contributed by atoms with Gasteiger partial charge in [0, 0.05) is 18.2 Å². The van der Waals surface area contributed by atoms with Crippen molar-refractivity contribution in [2.75, 3.05) is 19.8 Å². The Kier molecular flexibility index (Phi) is 8.04. The maximum atomic E-state index is 10.9. The van der Waals surface area contributed by atoms with Crippen LogP contribution in [-0.2, 0) is 23.5 Å². The molecule has 160 valence electrons. The summed E-state index contributed by atoms with van der Waals surface area (Å²) in [5.74, 6) is -1.23. The van der Waals surface area contributed by atoms with Crippen molar-refractivity contribution in [2.24, 2.45) is 0 Å². The van der Waals surface area contributed by atoms with Crippen molar-refractivity contribution in [3.8, 4) is 0 Å². The number of rotatable bonds is 10. The summed E-state index contributed by atoms with van der Waals surface area (Å²) in [6, 6.07) is 0.191. The van der Waals surface area contributed by atoms with Crippen LogP contribution in [0, 0.1) is 0 Å². The average molecular weight is 407 g/mol. The van der Waals surface area contributed by atoms with Crippen molar-refractivity contribution in [1.29, 1.82) is 0 Å². The Morgan fingerprint density at radius 1 is 1.04 bits per heavy atom. The fourth-order valence-electron chi connectivity index (χ4n) is 4.00. The standard InChI is InChI=1S/C18H34NO7P/c1-13(2)19-18(7-8-24-27(20)21,9-14-11-22-16(3,4)25-14)10-15-12-23-17(5,6)26-15/h13-15,19H,7-12H2,1-6H3/q-2. The van der Waals surface area contributed by atoms with Crippen LogP contribution in [0.15, 0.2) is 0 Å². The first kappa shape index (κ1) is 23.4. The summed E-state index contributed by atoms with van der Waals surface area (Å²) >= 11 is 0. The monoisotopic (exact) mass is 407 g/mol. The van der Waals surface area contributed by atoms with E-state index < -0.39 is 25.7 Å². The number of hydrogen-bond acceptors (Lipinski definition) is 8. The Balaban J connectivity index is 2.13. The lowest BCUT2D eigenvalue weighted by Crippen LogP contribution is -2.54. The second kappa shape index (κ2) is 9.28. The van der Waals surface area contributed by atoms with Crippen molar-refractivity contribution in [1.82, 2.24) is 5.32 Å². The molecule has 0 saturated carbocycles. The number of nitrogens with one attached hydrogen (secondary N) is 1. The van der Waals surface area contributed by atoms with Gasteiger partial charge in [0.15, 0.2) is 11.6 Å². The van der Waals surface area contributed by atoms with Gasteiger partial charge in [0.25, 0.3) is 0 Å². The lowest BCUT2D eigenvalue weighted by molar-refractivity contribution is -0.318. The van der Waals surface area contributed by atoms with Gasteiger partial charge in [-0.25, -0.2) is 0 Å². The molecular weight excluding hydrogens is 373 g/mol. The van der Waals surface area contributed by atoms with Crippen LogP contribution in [0.1, 0.15) is 60.8 Å². The zero-order valence-electron chi connectivity index (χ0n) is 17.3. The number of ether oxygens (including phenoxy) is 4. The lowest BCUT2D eigenvalue weighted by Gasteiger charge is -2.41. The molecule has 8 nitrogen and oxygen atoms in total. The highest BCUT2D eigenvalue weighted by Gasteiger charge is 2.44. The second-order valence-electron chi connectivity index (χ2n) is 8.70. The van der Waals surface area contributed by atoms with Gasteiger partial charge in [0.05, 0.1) is 25.4 Å². The van der Waals surface area contributed by atoms with Gasteiger partial charge >= 0.3 is 0 Å². The van der Waals surface area contributed by atoms with Gasteiger partial charge in [-0.05, 0) is 47.0 Å². The van der Waals surface area contributed by atoms with E-state index in [-0.39, 0.29) is 24.9 Å². The van der Waals surface area contributed by atoms with E-state index in [2.05, 4.69) is 19.2 Å². The van der Waals surface area contributed by atoms with Gasteiger partial charge in [-0.2, -0.15) is 8.60 Å². The molecule has 2 unspecified atom stereocenters.